The molecule has 1 aromatic rings. The van der Waals surface area contributed by atoms with E-state index < -0.39 is 0 Å². The molecule has 0 atom stereocenters. The first-order valence-electron chi connectivity index (χ1n) is 8.72. The van der Waals surface area contributed by atoms with E-state index in [0.29, 0.717) is 36.1 Å². The maximum Gasteiger partial charge on any atom is 0.223 e. The minimum atomic E-state index is 0.234. The van der Waals surface area contributed by atoms with E-state index in [4.69, 9.17) is 14.2 Å². The van der Waals surface area contributed by atoms with Crippen LogP contribution in [0.15, 0.2) is 12.1 Å². The highest BCUT2D eigenvalue weighted by Gasteiger charge is 2.25. The average molecular weight is 335 g/mol. The lowest BCUT2D eigenvalue weighted by Crippen LogP contribution is -2.38. The zero-order valence-electron chi connectivity index (χ0n) is 15.3. The summed E-state index contributed by atoms with van der Waals surface area (Å²) in [6, 6.07) is 4.27. The van der Waals surface area contributed by atoms with Crippen molar-refractivity contribution in [1.82, 2.24) is 4.90 Å². The molecular formula is C19H29NO4. The van der Waals surface area contributed by atoms with Crippen molar-refractivity contribution in [2.24, 2.45) is 0 Å². The summed E-state index contributed by atoms with van der Waals surface area (Å²) >= 11 is 0. The van der Waals surface area contributed by atoms with E-state index in [1.54, 1.807) is 21.3 Å². The van der Waals surface area contributed by atoms with Gasteiger partial charge in [-0.25, -0.2) is 0 Å². The summed E-state index contributed by atoms with van der Waals surface area (Å²) in [6.07, 6.45) is 5.93. The number of amides is 1. The van der Waals surface area contributed by atoms with Crippen LogP contribution in [-0.2, 0) is 11.2 Å². The number of aryl methyl sites for hydroxylation is 1. The molecule has 0 bridgehead atoms. The molecule has 1 fully saturated rings. The van der Waals surface area contributed by atoms with Crippen molar-refractivity contribution >= 4 is 5.91 Å². The number of hydrogen-bond acceptors (Lipinski definition) is 4. The van der Waals surface area contributed by atoms with Crippen molar-refractivity contribution in [2.75, 3.05) is 27.9 Å². The van der Waals surface area contributed by atoms with Crippen molar-refractivity contribution in [3.05, 3.63) is 17.7 Å². The Kier molecular flexibility index (Phi) is 6.76. The number of nitrogens with zero attached hydrogens (tertiary/aromatic N) is 1. The number of rotatable bonds is 8. The topological polar surface area (TPSA) is 48.0 Å². The molecule has 0 spiro atoms. The van der Waals surface area contributed by atoms with Gasteiger partial charge in [0.25, 0.3) is 0 Å². The number of methoxy groups -OCH3 is 3. The number of hydrogen-bond donors (Lipinski definition) is 0. The molecule has 24 heavy (non-hydrogen) atoms. The van der Waals surface area contributed by atoms with Gasteiger partial charge in [0.1, 0.15) is 0 Å². The highest BCUT2D eigenvalue weighted by Crippen LogP contribution is 2.38. The Morgan fingerprint density at radius 2 is 1.67 bits per heavy atom. The molecule has 1 aliphatic carbocycles. The zero-order valence-corrected chi connectivity index (χ0v) is 15.3. The Bertz CT molecular complexity index is 527. The van der Waals surface area contributed by atoms with Gasteiger partial charge in [0, 0.05) is 19.0 Å². The highest BCUT2D eigenvalue weighted by molar-refractivity contribution is 5.77. The van der Waals surface area contributed by atoms with Crippen molar-refractivity contribution in [2.45, 2.75) is 51.5 Å². The summed E-state index contributed by atoms with van der Waals surface area (Å²) in [5, 5.41) is 0. The van der Waals surface area contributed by atoms with E-state index in [1.807, 2.05) is 17.0 Å². The lowest BCUT2D eigenvalue weighted by atomic mass is 10.1. The molecule has 1 aromatic carbocycles. The van der Waals surface area contributed by atoms with Crippen LogP contribution < -0.4 is 14.2 Å². The van der Waals surface area contributed by atoms with Crippen LogP contribution in [-0.4, -0.2) is 44.7 Å². The minimum absolute atomic E-state index is 0.234. The number of carbonyl (C=O) groups is 1. The van der Waals surface area contributed by atoms with Gasteiger partial charge in [-0.2, -0.15) is 0 Å². The predicted molar refractivity (Wildman–Crippen MR) is 94.1 cm³/mol. The molecule has 1 aliphatic rings. The van der Waals surface area contributed by atoms with Crippen molar-refractivity contribution in [1.29, 1.82) is 0 Å². The van der Waals surface area contributed by atoms with E-state index in [1.165, 1.54) is 12.8 Å². The molecule has 5 heteroatoms. The molecule has 1 saturated carbocycles. The fourth-order valence-corrected chi connectivity index (χ4v) is 3.53. The van der Waals surface area contributed by atoms with Gasteiger partial charge >= 0.3 is 0 Å². The molecule has 1 amide bonds. The van der Waals surface area contributed by atoms with Crippen LogP contribution in [0.1, 0.15) is 44.6 Å². The van der Waals surface area contributed by atoms with Gasteiger partial charge in [-0.05, 0) is 43.9 Å². The molecular weight excluding hydrogens is 306 g/mol. The van der Waals surface area contributed by atoms with Gasteiger partial charge in [0.15, 0.2) is 11.5 Å². The van der Waals surface area contributed by atoms with Crippen molar-refractivity contribution in [3.63, 3.8) is 0 Å². The van der Waals surface area contributed by atoms with Crippen LogP contribution in [0.4, 0.5) is 0 Å². The van der Waals surface area contributed by atoms with E-state index in [0.717, 1.165) is 24.9 Å². The fourth-order valence-electron chi connectivity index (χ4n) is 3.53. The molecule has 0 saturated heterocycles. The van der Waals surface area contributed by atoms with E-state index in [2.05, 4.69) is 6.92 Å². The lowest BCUT2D eigenvalue weighted by molar-refractivity contribution is -0.133. The molecule has 0 radical (unpaired) electrons. The first-order valence-corrected chi connectivity index (χ1v) is 8.72. The molecule has 5 nitrogen and oxygen atoms in total. The quantitative estimate of drug-likeness (QED) is 0.730. The Morgan fingerprint density at radius 1 is 1.08 bits per heavy atom. The van der Waals surface area contributed by atoms with Gasteiger partial charge < -0.3 is 19.1 Å². The van der Waals surface area contributed by atoms with Crippen molar-refractivity contribution in [3.8, 4) is 17.2 Å². The third-order valence-electron chi connectivity index (χ3n) is 4.78. The first kappa shape index (κ1) is 18.4. The molecule has 0 aromatic heterocycles. The van der Waals surface area contributed by atoms with E-state index in [-0.39, 0.29) is 5.91 Å². The van der Waals surface area contributed by atoms with Crippen LogP contribution in [0, 0.1) is 0 Å². The average Bonchev–Trinajstić information content (AvgIpc) is 3.13. The monoisotopic (exact) mass is 335 g/mol. The van der Waals surface area contributed by atoms with Crippen molar-refractivity contribution < 1.29 is 19.0 Å². The normalized spacial score (nSPS) is 14.5. The predicted octanol–water partition coefficient (Wildman–Crippen LogP) is 3.44. The van der Waals surface area contributed by atoms with Crippen LogP contribution in [0.25, 0.3) is 0 Å². The Labute approximate surface area is 144 Å². The molecule has 0 unspecified atom stereocenters. The number of carbonyl (C=O) groups excluding carboxylic acids is 1. The summed E-state index contributed by atoms with van der Waals surface area (Å²) in [5.41, 5.74) is 1.01. The SMILES string of the molecule is CCN(C(=O)CCc1cc(OC)c(OC)c(OC)c1)C1CCCC1. The van der Waals surface area contributed by atoms with Crippen LogP contribution in [0.2, 0.25) is 0 Å². The fraction of sp³-hybridized carbons (Fsp3) is 0.632. The van der Waals surface area contributed by atoms with E-state index >= 15 is 0 Å². The summed E-state index contributed by atoms with van der Waals surface area (Å²) in [5.74, 6) is 2.07. The number of benzene rings is 1. The summed E-state index contributed by atoms with van der Waals surface area (Å²) in [4.78, 5) is 14.7. The molecule has 2 rings (SSSR count). The molecule has 0 aliphatic heterocycles. The minimum Gasteiger partial charge on any atom is -0.493 e. The largest absolute Gasteiger partial charge is 0.493 e. The van der Waals surface area contributed by atoms with Gasteiger partial charge in [-0.1, -0.05) is 12.8 Å². The molecule has 0 N–H and O–H groups in total. The summed E-state index contributed by atoms with van der Waals surface area (Å²) in [6.45, 7) is 2.86. The Hall–Kier alpha value is -1.91. The Balaban J connectivity index is 2.06. The smallest absolute Gasteiger partial charge is 0.223 e. The van der Waals surface area contributed by atoms with Gasteiger partial charge in [-0.15, -0.1) is 0 Å². The standard InChI is InChI=1S/C19H29NO4/c1-5-20(15-8-6-7-9-15)18(21)11-10-14-12-16(22-2)19(24-4)17(13-14)23-3/h12-13,15H,5-11H2,1-4H3. The van der Waals surface area contributed by atoms with Crippen LogP contribution in [0.5, 0.6) is 17.2 Å². The Morgan fingerprint density at radius 3 is 2.12 bits per heavy atom. The first-order chi connectivity index (χ1) is 11.6. The molecule has 0 heterocycles. The maximum absolute atomic E-state index is 12.6. The van der Waals surface area contributed by atoms with Gasteiger partial charge in [0.05, 0.1) is 21.3 Å². The second-order valence-corrected chi connectivity index (χ2v) is 6.15. The van der Waals surface area contributed by atoms with Gasteiger partial charge in [0.2, 0.25) is 11.7 Å². The second kappa shape index (κ2) is 8.81. The van der Waals surface area contributed by atoms with Crippen LogP contribution >= 0.6 is 0 Å². The maximum atomic E-state index is 12.6. The van der Waals surface area contributed by atoms with Crippen LogP contribution in [0.3, 0.4) is 0 Å². The van der Waals surface area contributed by atoms with Gasteiger partial charge in [-0.3, -0.25) is 4.79 Å². The third kappa shape index (κ3) is 4.13. The lowest BCUT2D eigenvalue weighted by Gasteiger charge is -2.27. The second-order valence-electron chi connectivity index (χ2n) is 6.15. The third-order valence-corrected chi connectivity index (χ3v) is 4.78. The summed E-state index contributed by atoms with van der Waals surface area (Å²) in [7, 11) is 4.79. The zero-order chi connectivity index (χ0) is 17.5. The molecule has 134 valence electrons. The number of ether oxygens (including phenoxy) is 3. The van der Waals surface area contributed by atoms with E-state index in [9.17, 15) is 4.79 Å². The summed E-state index contributed by atoms with van der Waals surface area (Å²) < 4.78 is 16.1. The highest BCUT2D eigenvalue weighted by atomic mass is 16.5.